The van der Waals surface area contributed by atoms with E-state index in [1.54, 1.807) is 24.9 Å². The Labute approximate surface area is 139 Å². The van der Waals surface area contributed by atoms with Gasteiger partial charge in [-0.2, -0.15) is 0 Å². The highest BCUT2D eigenvalue weighted by molar-refractivity contribution is 5.81. The van der Waals surface area contributed by atoms with Crippen LogP contribution in [-0.2, 0) is 4.79 Å². The molecule has 0 aromatic heterocycles. The Morgan fingerprint density at radius 1 is 1.21 bits per heavy atom. The molecule has 2 atom stereocenters. The van der Waals surface area contributed by atoms with Crippen LogP contribution in [0.4, 0.5) is 8.78 Å². The highest BCUT2D eigenvalue weighted by Gasteiger charge is 2.25. The largest absolute Gasteiger partial charge is 0.387 e. The number of benzene rings is 2. The summed E-state index contributed by atoms with van der Waals surface area (Å²) in [4.78, 5) is 13.4. The number of aryl methyl sites for hydroxylation is 1. The maximum absolute atomic E-state index is 13.4. The fourth-order valence-corrected chi connectivity index (χ4v) is 2.80. The first kappa shape index (κ1) is 18.0. The van der Waals surface area contributed by atoms with Crippen LogP contribution in [-0.4, -0.2) is 29.5 Å². The van der Waals surface area contributed by atoms with Gasteiger partial charge in [0.25, 0.3) is 0 Å². The van der Waals surface area contributed by atoms with E-state index in [0.29, 0.717) is 16.7 Å². The van der Waals surface area contributed by atoms with Gasteiger partial charge in [-0.3, -0.25) is 9.69 Å². The Morgan fingerprint density at radius 3 is 2.46 bits per heavy atom. The summed E-state index contributed by atoms with van der Waals surface area (Å²) >= 11 is 0. The summed E-state index contributed by atoms with van der Waals surface area (Å²) in [7, 11) is 1.61. The molecule has 0 aliphatic rings. The lowest BCUT2D eigenvalue weighted by Gasteiger charge is -2.28. The molecule has 0 spiro atoms. The molecule has 2 unspecified atom stereocenters. The zero-order valence-corrected chi connectivity index (χ0v) is 13.5. The third-order valence-corrected chi connectivity index (χ3v) is 3.93. The standard InChI is InChI=1S/C18H20F2N2O2/c1-11-8-14(20)6-7-15(11)16(23)10-22(2)17(18(21)24)12-4-3-5-13(19)9-12/h3-9,16-17,23H,10H2,1-2H3,(H2,21,24). The Hall–Kier alpha value is -2.31. The summed E-state index contributed by atoms with van der Waals surface area (Å²) < 4.78 is 26.6. The zero-order valence-electron chi connectivity index (χ0n) is 13.5. The number of likely N-dealkylation sites (N-methyl/N-ethyl adjacent to an activating group) is 1. The molecule has 1 amide bonds. The van der Waals surface area contributed by atoms with Crippen molar-refractivity contribution < 1.29 is 18.7 Å². The minimum Gasteiger partial charge on any atom is -0.387 e. The molecule has 128 valence electrons. The van der Waals surface area contributed by atoms with E-state index < -0.39 is 23.9 Å². The normalized spacial score (nSPS) is 13.8. The smallest absolute Gasteiger partial charge is 0.239 e. The van der Waals surface area contributed by atoms with Gasteiger partial charge in [0, 0.05) is 6.54 Å². The molecule has 24 heavy (non-hydrogen) atoms. The van der Waals surface area contributed by atoms with Crippen LogP contribution < -0.4 is 5.73 Å². The Bertz CT molecular complexity index is 737. The van der Waals surface area contributed by atoms with Crippen LogP contribution in [0.25, 0.3) is 0 Å². The number of halogens is 2. The SMILES string of the molecule is Cc1cc(F)ccc1C(O)CN(C)C(C(N)=O)c1cccc(F)c1. The Morgan fingerprint density at radius 2 is 1.88 bits per heavy atom. The average Bonchev–Trinajstić information content (AvgIpc) is 2.46. The molecule has 3 N–H and O–H groups in total. The summed E-state index contributed by atoms with van der Waals surface area (Å²) in [5.41, 5.74) is 7.03. The van der Waals surface area contributed by atoms with Crippen molar-refractivity contribution in [1.82, 2.24) is 4.90 Å². The van der Waals surface area contributed by atoms with Gasteiger partial charge in [0.2, 0.25) is 5.91 Å². The van der Waals surface area contributed by atoms with Gasteiger partial charge in [-0.25, -0.2) is 8.78 Å². The number of amides is 1. The maximum Gasteiger partial charge on any atom is 0.239 e. The van der Waals surface area contributed by atoms with Gasteiger partial charge in [-0.1, -0.05) is 18.2 Å². The molecule has 0 aliphatic heterocycles. The van der Waals surface area contributed by atoms with Crippen LogP contribution in [0.5, 0.6) is 0 Å². The van der Waals surface area contributed by atoms with E-state index in [4.69, 9.17) is 5.73 Å². The van der Waals surface area contributed by atoms with E-state index in [0.717, 1.165) is 0 Å². The van der Waals surface area contributed by atoms with Crippen molar-refractivity contribution in [3.63, 3.8) is 0 Å². The minimum atomic E-state index is -0.939. The number of rotatable bonds is 6. The molecule has 0 saturated heterocycles. The van der Waals surface area contributed by atoms with Crippen molar-refractivity contribution in [2.75, 3.05) is 13.6 Å². The molecule has 2 rings (SSSR count). The monoisotopic (exact) mass is 334 g/mol. The molecule has 0 radical (unpaired) electrons. The Balaban J connectivity index is 2.21. The number of primary amides is 1. The fourth-order valence-electron chi connectivity index (χ4n) is 2.80. The molecule has 0 bridgehead atoms. The number of hydrogen-bond donors (Lipinski definition) is 2. The molecular weight excluding hydrogens is 314 g/mol. The zero-order chi connectivity index (χ0) is 17.9. The van der Waals surface area contributed by atoms with E-state index in [1.807, 2.05) is 0 Å². The predicted octanol–water partition coefficient (Wildman–Crippen LogP) is 2.47. The lowest BCUT2D eigenvalue weighted by atomic mass is 10.0. The number of aliphatic hydroxyl groups excluding tert-OH is 1. The van der Waals surface area contributed by atoms with Gasteiger partial charge in [0.1, 0.15) is 17.7 Å². The predicted molar refractivity (Wildman–Crippen MR) is 87.1 cm³/mol. The quantitative estimate of drug-likeness (QED) is 0.853. The summed E-state index contributed by atoms with van der Waals surface area (Å²) in [6.45, 7) is 1.77. The first-order valence-electron chi connectivity index (χ1n) is 7.48. The molecule has 0 saturated carbocycles. The third kappa shape index (κ3) is 4.15. The number of nitrogens with zero attached hydrogens (tertiary/aromatic N) is 1. The van der Waals surface area contributed by atoms with E-state index in [1.165, 1.54) is 36.4 Å². The molecule has 2 aromatic carbocycles. The summed E-state index contributed by atoms with van der Waals surface area (Å²) in [6.07, 6.45) is -0.939. The summed E-state index contributed by atoms with van der Waals surface area (Å²) in [6, 6.07) is 8.83. The topological polar surface area (TPSA) is 66.6 Å². The number of hydrogen-bond acceptors (Lipinski definition) is 3. The van der Waals surface area contributed by atoms with Crippen LogP contribution >= 0.6 is 0 Å². The molecule has 2 aromatic rings. The molecule has 4 nitrogen and oxygen atoms in total. The van der Waals surface area contributed by atoms with Crippen molar-refractivity contribution in [3.8, 4) is 0 Å². The van der Waals surface area contributed by atoms with E-state index >= 15 is 0 Å². The number of aliphatic hydroxyl groups is 1. The first-order chi connectivity index (χ1) is 11.3. The molecule has 6 heteroatoms. The lowest BCUT2D eigenvalue weighted by Crippen LogP contribution is -2.37. The number of carbonyl (C=O) groups is 1. The second kappa shape index (κ2) is 7.51. The fraction of sp³-hybridized carbons (Fsp3) is 0.278. The van der Waals surface area contributed by atoms with Gasteiger partial charge in [-0.15, -0.1) is 0 Å². The van der Waals surface area contributed by atoms with Crippen LogP contribution in [0, 0.1) is 18.6 Å². The van der Waals surface area contributed by atoms with Crippen LogP contribution in [0.2, 0.25) is 0 Å². The average molecular weight is 334 g/mol. The second-order valence-corrected chi connectivity index (χ2v) is 5.82. The third-order valence-electron chi connectivity index (χ3n) is 3.93. The van der Waals surface area contributed by atoms with E-state index in [-0.39, 0.29) is 12.4 Å². The van der Waals surface area contributed by atoms with Crippen LogP contribution in [0.1, 0.15) is 28.8 Å². The van der Waals surface area contributed by atoms with Crippen molar-refractivity contribution in [3.05, 3.63) is 70.8 Å². The second-order valence-electron chi connectivity index (χ2n) is 5.82. The lowest BCUT2D eigenvalue weighted by molar-refractivity contribution is -0.123. The highest BCUT2D eigenvalue weighted by atomic mass is 19.1. The maximum atomic E-state index is 13.4. The van der Waals surface area contributed by atoms with Gasteiger partial charge in [-0.05, 0) is 54.9 Å². The molecule has 0 fully saturated rings. The van der Waals surface area contributed by atoms with Crippen LogP contribution in [0.3, 0.4) is 0 Å². The highest BCUT2D eigenvalue weighted by Crippen LogP contribution is 2.25. The molecule has 0 aliphatic carbocycles. The molecule has 0 heterocycles. The molecular formula is C18H20F2N2O2. The summed E-state index contributed by atoms with van der Waals surface area (Å²) in [5.74, 6) is -1.50. The van der Waals surface area contributed by atoms with Crippen molar-refractivity contribution in [1.29, 1.82) is 0 Å². The first-order valence-corrected chi connectivity index (χ1v) is 7.48. The number of carbonyl (C=O) groups excluding carboxylic acids is 1. The van der Waals surface area contributed by atoms with Gasteiger partial charge in [0.05, 0.1) is 6.10 Å². The van der Waals surface area contributed by atoms with Crippen molar-refractivity contribution in [2.24, 2.45) is 5.73 Å². The van der Waals surface area contributed by atoms with E-state index in [2.05, 4.69) is 0 Å². The Kier molecular flexibility index (Phi) is 5.64. The summed E-state index contributed by atoms with van der Waals surface area (Å²) in [5, 5.41) is 10.4. The van der Waals surface area contributed by atoms with Crippen molar-refractivity contribution in [2.45, 2.75) is 19.1 Å². The minimum absolute atomic E-state index is 0.0800. The van der Waals surface area contributed by atoms with E-state index in [9.17, 15) is 18.7 Å². The van der Waals surface area contributed by atoms with Gasteiger partial charge in [0.15, 0.2) is 0 Å². The van der Waals surface area contributed by atoms with Crippen molar-refractivity contribution >= 4 is 5.91 Å². The number of nitrogens with two attached hydrogens (primary N) is 1. The van der Waals surface area contributed by atoms with Crippen LogP contribution in [0.15, 0.2) is 42.5 Å². The van der Waals surface area contributed by atoms with Gasteiger partial charge < -0.3 is 10.8 Å². The van der Waals surface area contributed by atoms with Gasteiger partial charge >= 0.3 is 0 Å².